The van der Waals surface area contributed by atoms with Crippen molar-refractivity contribution in [1.82, 2.24) is 4.98 Å². The summed E-state index contributed by atoms with van der Waals surface area (Å²) >= 11 is 6.05. The first-order chi connectivity index (χ1) is 7.57. The van der Waals surface area contributed by atoms with Crippen LogP contribution in [0.5, 0.6) is 0 Å². The van der Waals surface area contributed by atoms with E-state index < -0.39 is 0 Å². The highest BCUT2D eigenvalue weighted by molar-refractivity contribution is 6.31. The van der Waals surface area contributed by atoms with Gasteiger partial charge >= 0.3 is 5.97 Å². The average molecular weight is 242 g/mol. The van der Waals surface area contributed by atoms with Gasteiger partial charge in [0.2, 0.25) is 0 Å². The van der Waals surface area contributed by atoms with E-state index in [0.717, 1.165) is 5.56 Å². The summed E-state index contributed by atoms with van der Waals surface area (Å²) in [5.41, 5.74) is 0.879. The van der Waals surface area contributed by atoms with E-state index in [2.05, 4.69) is 4.98 Å². The minimum Gasteiger partial charge on any atom is -0.466 e. The van der Waals surface area contributed by atoms with Gasteiger partial charge in [-0.1, -0.05) is 25.4 Å². The van der Waals surface area contributed by atoms with Crippen LogP contribution >= 0.6 is 11.6 Å². The summed E-state index contributed by atoms with van der Waals surface area (Å²) in [5, 5.41) is 0.638. The standard InChI is InChI=1S/C12H16ClNO2/c1-4-16-12(15)9(3)8(2)10-7-14-6-5-11(10)13/h5-9H,4H2,1-3H3. The Hall–Kier alpha value is -1.09. The second-order valence-corrected chi connectivity index (χ2v) is 4.13. The molecular weight excluding hydrogens is 226 g/mol. The second-order valence-electron chi connectivity index (χ2n) is 3.73. The molecule has 1 rings (SSSR count). The summed E-state index contributed by atoms with van der Waals surface area (Å²) in [6, 6.07) is 1.73. The maximum Gasteiger partial charge on any atom is 0.309 e. The Morgan fingerprint density at radius 3 is 2.81 bits per heavy atom. The molecule has 0 amide bonds. The Balaban J connectivity index is 2.82. The van der Waals surface area contributed by atoms with Gasteiger partial charge in [0.25, 0.3) is 0 Å². The molecule has 0 aliphatic heterocycles. The van der Waals surface area contributed by atoms with E-state index in [1.807, 2.05) is 13.8 Å². The van der Waals surface area contributed by atoms with Crippen LogP contribution in [-0.2, 0) is 9.53 Å². The van der Waals surface area contributed by atoms with Gasteiger partial charge < -0.3 is 4.74 Å². The van der Waals surface area contributed by atoms with Crippen LogP contribution in [0.15, 0.2) is 18.5 Å². The number of hydrogen-bond donors (Lipinski definition) is 0. The second kappa shape index (κ2) is 5.85. The summed E-state index contributed by atoms with van der Waals surface area (Å²) in [6.45, 7) is 5.99. The maximum absolute atomic E-state index is 11.6. The molecule has 0 saturated carbocycles. The molecule has 0 radical (unpaired) electrons. The SMILES string of the molecule is CCOC(=O)C(C)C(C)c1cnccc1Cl. The maximum atomic E-state index is 11.6. The van der Waals surface area contributed by atoms with Crippen molar-refractivity contribution in [2.45, 2.75) is 26.7 Å². The summed E-state index contributed by atoms with van der Waals surface area (Å²) in [6.07, 6.45) is 3.33. The minimum atomic E-state index is -0.221. The fraction of sp³-hybridized carbons (Fsp3) is 0.500. The van der Waals surface area contributed by atoms with Crippen LogP contribution in [-0.4, -0.2) is 17.6 Å². The molecule has 2 unspecified atom stereocenters. The summed E-state index contributed by atoms with van der Waals surface area (Å²) in [5.74, 6) is -0.420. The predicted octanol–water partition coefficient (Wildman–Crippen LogP) is 3.04. The van der Waals surface area contributed by atoms with E-state index in [-0.39, 0.29) is 17.8 Å². The molecule has 0 saturated heterocycles. The predicted molar refractivity (Wildman–Crippen MR) is 63.5 cm³/mol. The van der Waals surface area contributed by atoms with Crippen molar-refractivity contribution in [2.24, 2.45) is 5.92 Å². The molecule has 0 fully saturated rings. The Morgan fingerprint density at radius 1 is 1.56 bits per heavy atom. The van der Waals surface area contributed by atoms with Gasteiger partial charge in [0.1, 0.15) is 0 Å². The molecule has 1 aromatic heterocycles. The summed E-state index contributed by atoms with van der Waals surface area (Å²) in [7, 11) is 0. The highest BCUT2D eigenvalue weighted by Gasteiger charge is 2.24. The number of hydrogen-bond acceptors (Lipinski definition) is 3. The van der Waals surface area contributed by atoms with E-state index in [1.54, 1.807) is 25.4 Å². The van der Waals surface area contributed by atoms with Crippen LogP contribution < -0.4 is 0 Å². The van der Waals surface area contributed by atoms with Gasteiger partial charge in [0.15, 0.2) is 0 Å². The van der Waals surface area contributed by atoms with Crippen LogP contribution in [0.2, 0.25) is 5.02 Å². The number of rotatable bonds is 4. The van der Waals surface area contributed by atoms with Crippen LogP contribution in [0.3, 0.4) is 0 Å². The fourth-order valence-electron chi connectivity index (χ4n) is 1.47. The normalized spacial score (nSPS) is 14.2. The molecular formula is C12H16ClNO2. The smallest absolute Gasteiger partial charge is 0.309 e. The molecule has 0 aliphatic rings. The van der Waals surface area contributed by atoms with Gasteiger partial charge in [-0.05, 0) is 24.5 Å². The molecule has 2 atom stereocenters. The molecule has 0 N–H and O–H groups in total. The number of esters is 1. The zero-order valence-corrected chi connectivity index (χ0v) is 10.5. The average Bonchev–Trinajstić information content (AvgIpc) is 2.28. The Bertz CT molecular complexity index is 368. The van der Waals surface area contributed by atoms with Gasteiger partial charge in [0, 0.05) is 17.4 Å². The lowest BCUT2D eigenvalue weighted by Crippen LogP contribution is -2.20. The van der Waals surface area contributed by atoms with Crippen molar-refractivity contribution in [3.05, 3.63) is 29.0 Å². The lowest BCUT2D eigenvalue weighted by molar-refractivity contribution is -0.148. The van der Waals surface area contributed by atoms with Crippen LogP contribution in [0.1, 0.15) is 32.3 Å². The van der Waals surface area contributed by atoms with Crippen molar-refractivity contribution in [2.75, 3.05) is 6.61 Å². The van der Waals surface area contributed by atoms with E-state index in [4.69, 9.17) is 16.3 Å². The number of nitrogens with zero attached hydrogens (tertiary/aromatic N) is 1. The third kappa shape index (κ3) is 2.95. The number of ether oxygens (including phenoxy) is 1. The Labute approximate surface area is 101 Å². The van der Waals surface area contributed by atoms with Crippen LogP contribution in [0.4, 0.5) is 0 Å². The van der Waals surface area contributed by atoms with E-state index in [1.165, 1.54) is 0 Å². The molecule has 1 aromatic rings. The number of pyridine rings is 1. The number of carbonyl (C=O) groups excluding carboxylic acids is 1. The molecule has 3 nitrogen and oxygen atoms in total. The molecule has 16 heavy (non-hydrogen) atoms. The van der Waals surface area contributed by atoms with Crippen molar-refractivity contribution < 1.29 is 9.53 Å². The molecule has 0 spiro atoms. The van der Waals surface area contributed by atoms with Crippen molar-refractivity contribution in [3.8, 4) is 0 Å². The highest BCUT2D eigenvalue weighted by atomic mass is 35.5. The van der Waals surface area contributed by atoms with Crippen molar-refractivity contribution >= 4 is 17.6 Å². The number of aromatic nitrogens is 1. The summed E-state index contributed by atoms with van der Waals surface area (Å²) in [4.78, 5) is 15.6. The number of halogens is 1. The van der Waals surface area contributed by atoms with Crippen LogP contribution in [0, 0.1) is 5.92 Å². The lowest BCUT2D eigenvalue weighted by Gasteiger charge is -2.19. The first-order valence-corrected chi connectivity index (χ1v) is 5.71. The first-order valence-electron chi connectivity index (χ1n) is 5.34. The molecule has 0 aromatic carbocycles. The fourth-order valence-corrected chi connectivity index (χ4v) is 1.75. The van der Waals surface area contributed by atoms with Gasteiger partial charge in [0.05, 0.1) is 12.5 Å². The molecule has 4 heteroatoms. The van der Waals surface area contributed by atoms with Gasteiger partial charge in [-0.2, -0.15) is 0 Å². The van der Waals surface area contributed by atoms with Crippen molar-refractivity contribution in [3.63, 3.8) is 0 Å². The van der Waals surface area contributed by atoms with E-state index >= 15 is 0 Å². The van der Waals surface area contributed by atoms with Gasteiger partial charge in [-0.3, -0.25) is 9.78 Å². The van der Waals surface area contributed by atoms with Gasteiger partial charge in [-0.15, -0.1) is 0 Å². The quantitative estimate of drug-likeness (QED) is 0.761. The minimum absolute atomic E-state index is 0.000231. The molecule has 0 bridgehead atoms. The largest absolute Gasteiger partial charge is 0.466 e. The van der Waals surface area contributed by atoms with Crippen LogP contribution in [0.25, 0.3) is 0 Å². The van der Waals surface area contributed by atoms with Gasteiger partial charge in [-0.25, -0.2) is 0 Å². The molecule has 1 heterocycles. The molecule has 0 aliphatic carbocycles. The summed E-state index contributed by atoms with van der Waals surface area (Å²) < 4.78 is 4.98. The topological polar surface area (TPSA) is 39.2 Å². The van der Waals surface area contributed by atoms with Crippen molar-refractivity contribution in [1.29, 1.82) is 0 Å². The lowest BCUT2D eigenvalue weighted by atomic mass is 9.90. The Kier molecular flexibility index (Phi) is 4.74. The molecule has 88 valence electrons. The first kappa shape index (κ1) is 13.0. The monoisotopic (exact) mass is 241 g/mol. The highest BCUT2D eigenvalue weighted by Crippen LogP contribution is 2.29. The zero-order valence-electron chi connectivity index (χ0n) is 9.74. The third-order valence-corrected chi connectivity index (χ3v) is 3.04. The van der Waals surface area contributed by atoms with E-state index in [0.29, 0.717) is 11.6 Å². The van der Waals surface area contributed by atoms with E-state index in [9.17, 15) is 4.79 Å². The third-order valence-electron chi connectivity index (χ3n) is 2.70. The number of carbonyl (C=O) groups is 1. The Morgan fingerprint density at radius 2 is 2.25 bits per heavy atom. The zero-order chi connectivity index (χ0) is 12.1.